The van der Waals surface area contributed by atoms with Gasteiger partial charge in [-0.25, -0.2) is 19.6 Å². The molecule has 54 heavy (non-hydrogen) atoms. The molecule has 0 saturated carbocycles. The van der Waals surface area contributed by atoms with Crippen LogP contribution in [0.15, 0.2) is 35.3 Å². The van der Waals surface area contributed by atoms with Crippen molar-refractivity contribution >= 4 is 70.9 Å². The number of nitrogens with two attached hydrogens (primary N) is 1. The van der Waals surface area contributed by atoms with E-state index in [9.17, 15) is 54.0 Å². The van der Waals surface area contributed by atoms with Crippen LogP contribution in [0, 0.1) is 5.92 Å². The van der Waals surface area contributed by atoms with E-state index in [0.29, 0.717) is 11.4 Å². The summed E-state index contributed by atoms with van der Waals surface area (Å²) in [6.45, 7) is -0.593. The van der Waals surface area contributed by atoms with Crippen molar-refractivity contribution in [1.82, 2.24) is 35.9 Å². The highest BCUT2D eigenvalue weighted by Crippen LogP contribution is 2.29. The highest BCUT2D eigenvalue weighted by molar-refractivity contribution is 7.80. The molecule has 1 aromatic carbocycles. The average molecular weight is 776 g/mol. The maximum absolute atomic E-state index is 12.9. The standard InChI is InChI=1S/C31H37N9O13S/c32-31-39-24-20(26(46)40-31)36-14(9-34-24)8-33-13-3-1-12(2-4-13)25(45)38-17(28(48)49)6-5-15(41)7-16-21(43)23(53-30(52)22(16)44)27(47)35-10-19(42)37-18(11-54)29(50)51/h1-4,9,16-18,21-23,30,33,43-44,52,54H,5-8,10-11H2,(H,35,47)(H,37,42)(H,38,45)(H,48,49)(H,50,51)(H3,32,34,39,40,46)/t16-,17-,18-,21-,22?,23?,30?/m0/s1. The van der Waals surface area contributed by atoms with Crippen LogP contribution >= 0.6 is 12.6 Å². The number of anilines is 2. The van der Waals surface area contributed by atoms with Gasteiger partial charge in [0, 0.05) is 35.8 Å². The average Bonchev–Trinajstić information content (AvgIpc) is 3.13. The second kappa shape index (κ2) is 18.3. The number of H-pyrrole nitrogens is 1. The van der Waals surface area contributed by atoms with Crippen LogP contribution in [0.25, 0.3) is 11.2 Å². The van der Waals surface area contributed by atoms with Gasteiger partial charge in [-0.05, 0) is 30.7 Å². The third-order valence-electron chi connectivity index (χ3n) is 8.15. The Kier molecular flexibility index (Phi) is 13.9. The van der Waals surface area contributed by atoms with Crippen LogP contribution in [-0.4, -0.2) is 130 Å². The van der Waals surface area contributed by atoms with Gasteiger partial charge in [-0.2, -0.15) is 17.6 Å². The molecule has 3 aromatic rings. The first-order chi connectivity index (χ1) is 25.6. The van der Waals surface area contributed by atoms with Crippen molar-refractivity contribution in [3.05, 3.63) is 52.1 Å². The first kappa shape index (κ1) is 41.0. The van der Waals surface area contributed by atoms with Crippen molar-refractivity contribution in [1.29, 1.82) is 0 Å². The normalized spacial score (nSPS) is 20.6. The molecule has 4 rings (SSSR count). The lowest BCUT2D eigenvalue weighted by atomic mass is 9.83. The largest absolute Gasteiger partial charge is 0.480 e. The summed E-state index contributed by atoms with van der Waals surface area (Å²) in [6.07, 6.45) is -7.64. The number of carbonyl (C=O) groups excluding carboxylic acids is 4. The van der Waals surface area contributed by atoms with Crippen LogP contribution in [0.2, 0.25) is 0 Å². The summed E-state index contributed by atoms with van der Waals surface area (Å²) in [5.41, 5.74) is 6.08. The van der Waals surface area contributed by atoms with Crippen LogP contribution in [0.4, 0.5) is 11.6 Å². The maximum atomic E-state index is 12.9. The van der Waals surface area contributed by atoms with Crippen molar-refractivity contribution in [2.75, 3.05) is 23.3 Å². The lowest BCUT2D eigenvalue weighted by Gasteiger charge is -2.40. The molecule has 1 saturated heterocycles. The van der Waals surface area contributed by atoms with E-state index in [1.807, 2.05) is 0 Å². The minimum atomic E-state index is -2.03. The topological polar surface area (TPSA) is 358 Å². The number of benzene rings is 1. The number of hydrogen-bond donors (Lipinski definition) is 12. The molecule has 3 heterocycles. The molecular formula is C31H37N9O13S. The van der Waals surface area contributed by atoms with Gasteiger partial charge in [0.05, 0.1) is 31.1 Å². The Morgan fingerprint density at radius 3 is 2.30 bits per heavy atom. The maximum Gasteiger partial charge on any atom is 0.327 e. The van der Waals surface area contributed by atoms with Crippen LogP contribution in [-0.2, 0) is 35.3 Å². The van der Waals surface area contributed by atoms with E-state index in [4.69, 9.17) is 15.6 Å². The van der Waals surface area contributed by atoms with Crippen molar-refractivity contribution in [3.63, 3.8) is 0 Å². The number of carboxylic acid groups (broad SMARTS) is 2. The van der Waals surface area contributed by atoms with Crippen LogP contribution in [0.3, 0.4) is 0 Å². The number of aliphatic hydroxyl groups excluding tert-OH is 3. The fourth-order valence-electron chi connectivity index (χ4n) is 5.26. The smallest absolute Gasteiger partial charge is 0.327 e. The predicted molar refractivity (Wildman–Crippen MR) is 187 cm³/mol. The Balaban J connectivity index is 1.28. The SMILES string of the molecule is Nc1nc2ncc(CNc3ccc(C(=O)N[C@@H](CCC(=O)C[C@@H]4C(O)C(O)OC(C(=O)NCC(=O)N[C@@H](CS)C(=O)O)[C@H]4O)C(=O)O)cc3)nc2c(=O)[nH]1. The molecule has 1 aliphatic rings. The molecule has 2 aromatic heterocycles. The number of ether oxygens (including phenoxy) is 1. The monoisotopic (exact) mass is 775 g/mol. The Morgan fingerprint density at radius 2 is 1.65 bits per heavy atom. The summed E-state index contributed by atoms with van der Waals surface area (Å²) in [7, 11) is 0. The van der Waals surface area contributed by atoms with Gasteiger partial charge >= 0.3 is 11.9 Å². The molecule has 290 valence electrons. The van der Waals surface area contributed by atoms with E-state index in [0.717, 1.165) is 0 Å². The van der Waals surface area contributed by atoms with Gasteiger partial charge in [0.15, 0.2) is 23.6 Å². The van der Waals surface area contributed by atoms with Crippen LogP contribution in [0.5, 0.6) is 0 Å². The number of aliphatic hydroxyl groups is 3. The first-order valence-electron chi connectivity index (χ1n) is 16.1. The molecule has 3 amide bonds. The van der Waals surface area contributed by atoms with E-state index in [-0.39, 0.29) is 35.0 Å². The molecule has 7 atom stereocenters. The first-order valence-corrected chi connectivity index (χ1v) is 16.7. The summed E-state index contributed by atoms with van der Waals surface area (Å²) in [5.74, 6) is -8.08. The van der Waals surface area contributed by atoms with Gasteiger partial charge in [0.25, 0.3) is 17.4 Å². The highest BCUT2D eigenvalue weighted by atomic mass is 32.1. The molecule has 22 nitrogen and oxygen atoms in total. The Bertz CT molecular complexity index is 1950. The number of ketones is 1. The number of nitrogen functional groups attached to an aromatic ring is 1. The number of nitrogens with one attached hydrogen (secondary N) is 5. The summed E-state index contributed by atoms with van der Waals surface area (Å²) in [6, 6.07) is 3.04. The zero-order valence-electron chi connectivity index (χ0n) is 28.0. The number of amides is 3. The number of hydrogen-bond acceptors (Lipinski definition) is 17. The zero-order chi connectivity index (χ0) is 39.7. The molecule has 0 radical (unpaired) electrons. The molecule has 0 spiro atoms. The summed E-state index contributed by atoms with van der Waals surface area (Å²) in [5, 5.41) is 59.6. The summed E-state index contributed by atoms with van der Waals surface area (Å²) in [4.78, 5) is 100. The number of Topliss-reactive ketones (excluding diaryl/α,β-unsaturated/α-hetero) is 1. The van der Waals surface area contributed by atoms with E-state index in [1.165, 1.54) is 30.5 Å². The number of aromatic amines is 1. The van der Waals surface area contributed by atoms with Crippen molar-refractivity contribution in [3.8, 4) is 0 Å². The van der Waals surface area contributed by atoms with Gasteiger partial charge in [0.1, 0.15) is 24.0 Å². The number of aromatic nitrogens is 4. The van der Waals surface area contributed by atoms with Gasteiger partial charge in [-0.15, -0.1) is 0 Å². The van der Waals surface area contributed by atoms with Crippen molar-refractivity contribution < 1.29 is 59.0 Å². The number of fused-ring (bicyclic) bond motifs is 1. The minimum Gasteiger partial charge on any atom is -0.480 e. The quantitative estimate of drug-likeness (QED) is 0.0592. The van der Waals surface area contributed by atoms with E-state index in [2.05, 4.69) is 53.8 Å². The number of aliphatic carboxylic acids is 2. The molecule has 3 unspecified atom stereocenters. The fraction of sp³-hybridized carbons (Fsp3) is 0.419. The summed E-state index contributed by atoms with van der Waals surface area (Å²) >= 11 is 3.81. The molecule has 0 bridgehead atoms. The zero-order valence-corrected chi connectivity index (χ0v) is 28.9. The number of carboxylic acids is 2. The lowest BCUT2D eigenvalue weighted by Crippen LogP contribution is -2.59. The Hall–Kier alpha value is -5.75. The molecule has 1 fully saturated rings. The second-order valence-corrected chi connectivity index (χ2v) is 12.4. The van der Waals surface area contributed by atoms with E-state index >= 15 is 0 Å². The third-order valence-corrected chi connectivity index (χ3v) is 8.51. The Labute approximate surface area is 309 Å². The fourth-order valence-corrected chi connectivity index (χ4v) is 5.51. The van der Waals surface area contributed by atoms with Gasteiger partial charge in [0.2, 0.25) is 11.9 Å². The highest BCUT2D eigenvalue weighted by Gasteiger charge is 2.47. The molecule has 23 heteroatoms. The van der Waals surface area contributed by atoms with E-state index < -0.39 is 109 Å². The minimum absolute atomic E-state index is 0.00111. The number of rotatable bonds is 17. The van der Waals surface area contributed by atoms with Gasteiger partial charge in [-0.1, -0.05) is 0 Å². The number of carbonyl (C=O) groups is 6. The van der Waals surface area contributed by atoms with Crippen molar-refractivity contribution in [2.45, 2.75) is 62.5 Å². The van der Waals surface area contributed by atoms with Gasteiger partial charge < -0.3 is 57.3 Å². The lowest BCUT2D eigenvalue weighted by molar-refractivity contribution is -0.262. The van der Waals surface area contributed by atoms with Crippen LogP contribution < -0.4 is 32.6 Å². The summed E-state index contributed by atoms with van der Waals surface area (Å²) < 4.78 is 4.98. The second-order valence-electron chi connectivity index (χ2n) is 12.0. The number of nitrogens with zero attached hydrogens (tertiary/aromatic N) is 3. The van der Waals surface area contributed by atoms with Crippen molar-refractivity contribution in [2.24, 2.45) is 5.92 Å². The van der Waals surface area contributed by atoms with E-state index in [1.54, 1.807) is 0 Å². The molecule has 12 N–H and O–H groups in total. The van der Waals surface area contributed by atoms with Gasteiger partial charge in [-0.3, -0.25) is 29.0 Å². The molecular weight excluding hydrogens is 738 g/mol. The third kappa shape index (κ3) is 10.7. The Morgan fingerprint density at radius 1 is 0.963 bits per heavy atom. The molecule has 1 aliphatic heterocycles. The molecule has 0 aliphatic carbocycles. The number of thiol groups is 1. The predicted octanol–water partition coefficient (Wildman–Crippen LogP) is -3.50. The van der Waals surface area contributed by atoms with Crippen LogP contribution in [0.1, 0.15) is 35.3 Å².